The van der Waals surface area contributed by atoms with Crippen molar-refractivity contribution in [1.29, 1.82) is 0 Å². The van der Waals surface area contributed by atoms with Gasteiger partial charge in [0.1, 0.15) is 0 Å². The van der Waals surface area contributed by atoms with E-state index in [-0.39, 0.29) is 16.4 Å². The van der Waals surface area contributed by atoms with Gasteiger partial charge in [0.15, 0.2) is 9.84 Å². The van der Waals surface area contributed by atoms with E-state index < -0.39 is 21.3 Å². The molecule has 0 bridgehead atoms. The minimum atomic E-state index is -3.40. The number of sulfone groups is 1. The molecule has 0 aliphatic carbocycles. The van der Waals surface area contributed by atoms with Gasteiger partial charge in [0.25, 0.3) is 5.91 Å². The summed E-state index contributed by atoms with van der Waals surface area (Å²) < 4.78 is 23.3. The normalized spacial score (nSPS) is 11.7. The van der Waals surface area contributed by atoms with E-state index >= 15 is 0 Å². The molecule has 0 spiro atoms. The molecular formula is C19H23N3O4S. The molecule has 0 unspecified atom stereocenters. The van der Waals surface area contributed by atoms with Crippen LogP contribution in [0.3, 0.4) is 0 Å². The molecule has 0 aliphatic heterocycles. The zero-order valence-corrected chi connectivity index (χ0v) is 16.5. The zero-order valence-electron chi connectivity index (χ0n) is 15.7. The molecule has 8 heteroatoms. The third-order valence-corrected chi connectivity index (χ3v) is 4.95. The monoisotopic (exact) mass is 389 g/mol. The van der Waals surface area contributed by atoms with Crippen LogP contribution in [-0.2, 0) is 14.6 Å². The smallest absolute Gasteiger partial charge is 0.255 e. The van der Waals surface area contributed by atoms with E-state index in [9.17, 15) is 18.0 Å². The Hall–Kier alpha value is -2.71. The van der Waals surface area contributed by atoms with Crippen LogP contribution in [0.4, 0.5) is 11.4 Å². The molecule has 0 saturated heterocycles. The van der Waals surface area contributed by atoms with Crippen molar-refractivity contribution < 1.29 is 18.0 Å². The van der Waals surface area contributed by atoms with Crippen LogP contribution in [0.1, 0.15) is 29.8 Å². The first-order chi connectivity index (χ1) is 12.4. The van der Waals surface area contributed by atoms with Crippen LogP contribution < -0.4 is 16.4 Å². The topological polar surface area (TPSA) is 118 Å². The van der Waals surface area contributed by atoms with Gasteiger partial charge in [0.2, 0.25) is 5.91 Å². The number of rotatable bonds is 5. The first kappa shape index (κ1) is 20.6. The Labute approximate surface area is 158 Å². The summed E-state index contributed by atoms with van der Waals surface area (Å²) in [6, 6.07) is 10.9. The fourth-order valence-electron chi connectivity index (χ4n) is 2.24. The molecule has 2 rings (SSSR count). The molecule has 0 atom stereocenters. The summed E-state index contributed by atoms with van der Waals surface area (Å²) in [7, 11) is -3.40. The van der Waals surface area contributed by atoms with Crippen LogP contribution in [0.2, 0.25) is 0 Å². The minimum Gasteiger partial charge on any atom is -0.324 e. The van der Waals surface area contributed by atoms with E-state index in [0.29, 0.717) is 11.4 Å². The third kappa shape index (κ3) is 5.38. The average Bonchev–Trinajstić information content (AvgIpc) is 2.55. The van der Waals surface area contributed by atoms with E-state index in [1.165, 1.54) is 24.3 Å². The molecule has 7 nitrogen and oxygen atoms in total. The maximum absolute atomic E-state index is 12.4. The Bertz CT molecular complexity index is 992. The Morgan fingerprint density at radius 3 is 2.26 bits per heavy atom. The molecule has 0 fully saturated rings. The molecule has 0 aliphatic rings. The fourth-order valence-corrected chi connectivity index (χ4v) is 2.90. The Morgan fingerprint density at radius 2 is 1.70 bits per heavy atom. The maximum Gasteiger partial charge on any atom is 0.255 e. The SMILES string of the molecule is Cc1cc(NC(=O)C(C)(C)N)ccc1NC(=O)c1cccc(S(C)(=O)=O)c1. The number of carbonyl (C=O) groups is 2. The van der Waals surface area contributed by atoms with Crippen molar-refractivity contribution in [2.24, 2.45) is 5.73 Å². The van der Waals surface area contributed by atoms with Crippen molar-refractivity contribution in [2.45, 2.75) is 31.2 Å². The van der Waals surface area contributed by atoms with Gasteiger partial charge in [0, 0.05) is 23.2 Å². The third-order valence-electron chi connectivity index (χ3n) is 3.84. The summed E-state index contributed by atoms with van der Waals surface area (Å²) in [5.41, 5.74) is 6.83. The summed E-state index contributed by atoms with van der Waals surface area (Å²) in [6.07, 6.45) is 1.09. The number of amides is 2. The number of hydrogen-bond acceptors (Lipinski definition) is 5. The maximum atomic E-state index is 12.4. The van der Waals surface area contributed by atoms with E-state index in [1.54, 1.807) is 39.0 Å². The highest BCUT2D eigenvalue weighted by Gasteiger charge is 2.22. The number of benzene rings is 2. The molecule has 0 aromatic heterocycles. The predicted octanol–water partition coefficient (Wildman–Crippen LogP) is 2.33. The summed E-state index contributed by atoms with van der Waals surface area (Å²) in [6.45, 7) is 4.99. The highest BCUT2D eigenvalue weighted by Crippen LogP contribution is 2.21. The zero-order chi connectivity index (χ0) is 20.4. The molecule has 2 aromatic carbocycles. The quantitative estimate of drug-likeness (QED) is 0.725. The second kappa shape index (κ2) is 7.50. The van der Waals surface area contributed by atoms with Gasteiger partial charge in [-0.2, -0.15) is 0 Å². The van der Waals surface area contributed by atoms with Gasteiger partial charge in [-0.1, -0.05) is 6.07 Å². The van der Waals surface area contributed by atoms with Gasteiger partial charge in [-0.05, 0) is 62.7 Å². The van der Waals surface area contributed by atoms with Gasteiger partial charge in [-0.15, -0.1) is 0 Å². The van der Waals surface area contributed by atoms with Crippen LogP contribution in [0.5, 0.6) is 0 Å². The fraction of sp³-hybridized carbons (Fsp3) is 0.263. The molecule has 2 aromatic rings. The van der Waals surface area contributed by atoms with Gasteiger partial charge in [-0.25, -0.2) is 8.42 Å². The summed E-state index contributed by atoms with van der Waals surface area (Å²) in [5.74, 6) is -0.750. The first-order valence-electron chi connectivity index (χ1n) is 8.20. The number of carbonyl (C=O) groups excluding carboxylic acids is 2. The molecule has 144 valence electrons. The molecule has 0 saturated carbocycles. The van der Waals surface area contributed by atoms with Gasteiger partial charge in [-0.3, -0.25) is 9.59 Å². The number of nitrogens with one attached hydrogen (secondary N) is 2. The highest BCUT2D eigenvalue weighted by molar-refractivity contribution is 7.90. The van der Waals surface area contributed by atoms with Crippen LogP contribution >= 0.6 is 0 Å². The second-order valence-electron chi connectivity index (χ2n) is 6.96. The molecule has 4 N–H and O–H groups in total. The summed E-state index contributed by atoms with van der Waals surface area (Å²) in [5, 5.41) is 5.46. The van der Waals surface area contributed by atoms with Crippen LogP contribution in [0, 0.1) is 6.92 Å². The standard InChI is InChI=1S/C19H23N3O4S/c1-12-10-14(21-18(24)19(2,3)20)8-9-16(12)22-17(23)13-6-5-7-15(11-13)27(4,25)26/h5-11H,20H2,1-4H3,(H,21,24)(H,22,23). The van der Waals surface area contributed by atoms with E-state index in [0.717, 1.165) is 11.8 Å². The molecular weight excluding hydrogens is 366 g/mol. The average molecular weight is 389 g/mol. The number of anilines is 2. The van der Waals surface area contributed by atoms with E-state index in [1.807, 2.05) is 0 Å². The largest absolute Gasteiger partial charge is 0.324 e. The number of nitrogens with two attached hydrogens (primary N) is 1. The Morgan fingerprint density at radius 1 is 1.04 bits per heavy atom. The van der Waals surface area contributed by atoms with Crippen molar-refractivity contribution in [3.63, 3.8) is 0 Å². The highest BCUT2D eigenvalue weighted by atomic mass is 32.2. The van der Waals surface area contributed by atoms with Gasteiger partial charge < -0.3 is 16.4 Å². The Kier molecular flexibility index (Phi) is 5.72. The van der Waals surface area contributed by atoms with Crippen LogP contribution in [-0.4, -0.2) is 32.0 Å². The lowest BCUT2D eigenvalue weighted by molar-refractivity contribution is -0.120. The van der Waals surface area contributed by atoms with Crippen molar-refractivity contribution in [3.8, 4) is 0 Å². The van der Waals surface area contributed by atoms with Gasteiger partial charge >= 0.3 is 0 Å². The minimum absolute atomic E-state index is 0.0781. The van der Waals surface area contributed by atoms with Crippen molar-refractivity contribution in [1.82, 2.24) is 0 Å². The van der Waals surface area contributed by atoms with Crippen LogP contribution in [0.15, 0.2) is 47.4 Å². The molecule has 2 amide bonds. The summed E-state index contributed by atoms with van der Waals surface area (Å²) in [4.78, 5) is 24.5. The van der Waals surface area contributed by atoms with Crippen molar-refractivity contribution in [3.05, 3.63) is 53.6 Å². The van der Waals surface area contributed by atoms with Crippen LogP contribution in [0.25, 0.3) is 0 Å². The van der Waals surface area contributed by atoms with E-state index in [2.05, 4.69) is 10.6 Å². The Balaban J connectivity index is 2.18. The lowest BCUT2D eigenvalue weighted by atomic mass is 10.1. The van der Waals surface area contributed by atoms with Gasteiger partial charge in [0.05, 0.1) is 10.4 Å². The molecule has 0 radical (unpaired) electrons. The van der Waals surface area contributed by atoms with Crippen molar-refractivity contribution >= 4 is 33.0 Å². The summed E-state index contributed by atoms with van der Waals surface area (Å²) >= 11 is 0. The number of hydrogen-bond donors (Lipinski definition) is 3. The lowest BCUT2D eigenvalue weighted by Crippen LogP contribution is -2.45. The number of aryl methyl sites for hydroxylation is 1. The van der Waals surface area contributed by atoms with Crippen molar-refractivity contribution in [2.75, 3.05) is 16.9 Å². The first-order valence-corrected chi connectivity index (χ1v) is 10.1. The lowest BCUT2D eigenvalue weighted by Gasteiger charge is -2.18. The predicted molar refractivity (Wildman–Crippen MR) is 106 cm³/mol. The molecule has 0 heterocycles. The van der Waals surface area contributed by atoms with E-state index in [4.69, 9.17) is 5.73 Å². The molecule has 27 heavy (non-hydrogen) atoms. The second-order valence-corrected chi connectivity index (χ2v) is 8.98.